The van der Waals surface area contributed by atoms with E-state index in [2.05, 4.69) is 15.6 Å². The van der Waals surface area contributed by atoms with Gasteiger partial charge in [0, 0.05) is 18.2 Å². The third kappa shape index (κ3) is 3.01. The Bertz CT molecular complexity index is 794. The number of aromatic nitrogens is 3. The highest BCUT2D eigenvalue weighted by Crippen LogP contribution is 2.20. The van der Waals surface area contributed by atoms with Gasteiger partial charge in [0.1, 0.15) is 11.5 Å². The van der Waals surface area contributed by atoms with Crippen molar-refractivity contribution in [3.63, 3.8) is 0 Å². The van der Waals surface area contributed by atoms with Crippen molar-refractivity contribution in [2.45, 2.75) is 6.92 Å². The van der Waals surface area contributed by atoms with Gasteiger partial charge in [-0.3, -0.25) is 4.79 Å². The number of benzene rings is 2. The van der Waals surface area contributed by atoms with Crippen LogP contribution in [0.15, 0.2) is 54.7 Å². The molecule has 0 aliphatic heterocycles. The number of carbonyl (C=O) groups is 1. The molecule has 110 valence electrons. The molecular weight excluding hydrogens is 283 g/mol. The molecule has 6 heteroatoms. The number of anilines is 1. The first-order valence-corrected chi connectivity index (χ1v) is 6.68. The molecule has 0 saturated heterocycles. The van der Waals surface area contributed by atoms with Gasteiger partial charge in [-0.25, -0.2) is 9.07 Å². The number of nitrogens with zero attached hydrogens (tertiary/aromatic N) is 3. The molecule has 0 spiro atoms. The summed E-state index contributed by atoms with van der Waals surface area (Å²) in [5.74, 6) is -0.410. The van der Waals surface area contributed by atoms with E-state index < -0.39 is 0 Å². The first-order chi connectivity index (χ1) is 10.6. The molecule has 1 aromatic heterocycles. The predicted molar refractivity (Wildman–Crippen MR) is 81.1 cm³/mol. The van der Waals surface area contributed by atoms with E-state index in [1.165, 1.54) is 19.1 Å². The molecule has 3 aromatic rings. The Morgan fingerprint density at radius 1 is 1.09 bits per heavy atom. The number of halogens is 1. The summed E-state index contributed by atoms with van der Waals surface area (Å²) in [7, 11) is 0. The molecule has 0 bridgehead atoms. The number of hydrogen-bond acceptors (Lipinski definition) is 3. The van der Waals surface area contributed by atoms with Gasteiger partial charge in [0.05, 0.1) is 11.9 Å². The van der Waals surface area contributed by atoms with Crippen LogP contribution in [-0.4, -0.2) is 20.9 Å². The first kappa shape index (κ1) is 13.9. The molecule has 0 fully saturated rings. The fraction of sp³-hybridized carbons (Fsp3) is 0.0625. The Labute approximate surface area is 126 Å². The molecule has 0 aliphatic carbocycles. The van der Waals surface area contributed by atoms with Gasteiger partial charge in [-0.05, 0) is 36.4 Å². The Kier molecular flexibility index (Phi) is 3.65. The van der Waals surface area contributed by atoms with Gasteiger partial charge < -0.3 is 5.32 Å². The summed E-state index contributed by atoms with van der Waals surface area (Å²) in [6.45, 7) is 1.46. The van der Waals surface area contributed by atoms with E-state index in [4.69, 9.17) is 0 Å². The molecule has 0 aliphatic rings. The number of rotatable bonds is 3. The van der Waals surface area contributed by atoms with E-state index in [1.54, 1.807) is 35.1 Å². The Morgan fingerprint density at radius 2 is 1.77 bits per heavy atom. The number of hydrogen-bond donors (Lipinski definition) is 1. The predicted octanol–water partition coefficient (Wildman–Crippen LogP) is 3.03. The van der Waals surface area contributed by atoms with Crippen molar-refractivity contribution in [2.24, 2.45) is 0 Å². The quantitative estimate of drug-likeness (QED) is 0.808. The van der Waals surface area contributed by atoms with Gasteiger partial charge in [-0.1, -0.05) is 17.3 Å². The minimum atomic E-state index is -0.294. The summed E-state index contributed by atoms with van der Waals surface area (Å²) in [4.78, 5) is 11.0. The summed E-state index contributed by atoms with van der Waals surface area (Å²) in [6.07, 6.45) is 1.76. The lowest BCUT2D eigenvalue weighted by atomic mass is 10.1. The number of carbonyl (C=O) groups excluding carboxylic acids is 1. The van der Waals surface area contributed by atoms with Crippen LogP contribution in [0.5, 0.6) is 0 Å². The van der Waals surface area contributed by atoms with Crippen molar-refractivity contribution in [3.8, 4) is 16.9 Å². The van der Waals surface area contributed by atoms with Gasteiger partial charge in [0.15, 0.2) is 0 Å². The highest BCUT2D eigenvalue weighted by atomic mass is 19.1. The maximum absolute atomic E-state index is 12.9. The summed E-state index contributed by atoms with van der Waals surface area (Å²) >= 11 is 0. The zero-order valence-corrected chi connectivity index (χ0v) is 11.8. The van der Waals surface area contributed by atoms with Crippen molar-refractivity contribution in [1.82, 2.24) is 15.0 Å². The van der Waals surface area contributed by atoms with Crippen molar-refractivity contribution in [1.29, 1.82) is 0 Å². The zero-order chi connectivity index (χ0) is 15.5. The largest absolute Gasteiger partial charge is 0.326 e. The Hall–Kier alpha value is -3.02. The molecule has 1 amide bonds. The summed E-state index contributed by atoms with van der Waals surface area (Å²) in [5, 5.41) is 10.8. The molecule has 5 nitrogen and oxygen atoms in total. The van der Waals surface area contributed by atoms with Crippen LogP contribution in [0.4, 0.5) is 10.1 Å². The van der Waals surface area contributed by atoms with Crippen LogP contribution >= 0.6 is 0 Å². The molecule has 0 radical (unpaired) electrons. The normalized spacial score (nSPS) is 10.5. The average molecular weight is 296 g/mol. The summed E-state index contributed by atoms with van der Waals surface area (Å²) < 4.78 is 14.5. The standard InChI is InChI=1S/C16H13FN4O/c1-11(22)18-14-6-2-12(3-7-14)16-10-21(20-19-16)15-8-4-13(17)5-9-15/h2-10H,1H3,(H,18,22). The van der Waals surface area contributed by atoms with Crippen molar-refractivity contribution < 1.29 is 9.18 Å². The van der Waals surface area contributed by atoms with Gasteiger partial charge in [-0.2, -0.15) is 0 Å². The van der Waals surface area contributed by atoms with Crippen molar-refractivity contribution in [3.05, 3.63) is 60.5 Å². The van der Waals surface area contributed by atoms with Gasteiger partial charge in [0.2, 0.25) is 5.91 Å². The van der Waals surface area contributed by atoms with Crippen LogP contribution in [0.3, 0.4) is 0 Å². The highest BCUT2D eigenvalue weighted by molar-refractivity contribution is 5.88. The average Bonchev–Trinajstić information content (AvgIpc) is 2.98. The van der Waals surface area contributed by atoms with Gasteiger partial charge in [0.25, 0.3) is 0 Å². The second kappa shape index (κ2) is 5.77. The van der Waals surface area contributed by atoms with Gasteiger partial charge >= 0.3 is 0 Å². The molecule has 0 unspecified atom stereocenters. The maximum Gasteiger partial charge on any atom is 0.221 e. The summed E-state index contributed by atoms with van der Waals surface area (Å²) in [5.41, 5.74) is 3.03. The van der Waals surface area contributed by atoms with Crippen LogP contribution in [0.1, 0.15) is 6.92 Å². The maximum atomic E-state index is 12.9. The molecule has 3 rings (SSSR count). The monoisotopic (exact) mass is 296 g/mol. The topological polar surface area (TPSA) is 59.8 Å². The van der Waals surface area contributed by atoms with E-state index in [1.807, 2.05) is 12.1 Å². The fourth-order valence-corrected chi connectivity index (χ4v) is 2.04. The lowest BCUT2D eigenvalue weighted by Gasteiger charge is -2.02. The lowest BCUT2D eigenvalue weighted by Crippen LogP contribution is -2.05. The van der Waals surface area contributed by atoms with Crippen LogP contribution in [0.25, 0.3) is 16.9 Å². The first-order valence-electron chi connectivity index (χ1n) is 6.68. The van der Waals surface area contributed by atoms with Gasteiger partial charge in [-0.15, -0.1) is 5.10 Å². The third-order valence-electron chi connectivity index (χ3n) is 3.09. The molecule has 2 aromatic carbocycles. The minimum Gasteiger partial charge on any atom is -0.326 e. The molecule has 22 heavy (non-hydrogen) atoms. The Balaban J connectivity index is 1.84. The Morgan fingerprint density at radius 3 is 2.41 bits per heavy atom. The van der Waals surface area contributed by atoms with E-state index in [-0.39, 0.29) is 11.7 Å². The zero-order valence-electron chi connectivity index (χ0n) is 11.8. The van der Waals surface area contributed by atoms with Crippen LogP contribution < -0.4 is 5.32 Å². The smallest absolute Gasteiger partial charge is 0.221 e. The molecule has 1 heterocycles. The van der Waals surface area contributed by atoms with Crippen LogP contribution in [0, 0.1) is 5.82 Å². The summed E-state index contributed by atoms with van der Waals surface area (Å²) in [6, 6.07) is 13.3. The molecule has 0 saturated carbocycles. The second-order valence-electron chi connectivity index (χ2n) is 4.78. The number of amides is 1. The number of nitrogens with one attached hydrogen (secondary N) is 1. The molecule has 1 N–H and O–H groups in total. The lowest BCUT2D eigenvalue weighted by molar-refractivity contribution is -0.114. The second-order valence-corrected chi connectivity index (χ2v) is 4.78. The van der Waals surface area contributed by atoms with Crippen LogP contribution in [-0.2, 0) is 4.79 Å². The third-order valence-corrected chi connectivity index (χ3v) is 3.09. The van der Waals surface area contributed by atoms with E-state index >= 15 is 0 Å². The minimum absolute atomic E-state index is 0.116. The molecule has 0 atom stereocenters. The van der Waals surface area contributed by atoms with E-state index in [0.29, 0.717) is 5.69 Å². The molecular formula is C16H13FN4O. The van der Waals surface area contributed by atoms with E-state index in [0.717, 1.165) is 16.9 Å². The SMILES string of the molecule is CC(=O)Nc1ccc(-c2cn(-c3ccc(F)cc3)nn2)cc1. The van der Waals surface area contributed by atoms with E-state index in [9.17, 15) is 9.18 Å². The highest BCUT2D eigenvalue weighted by Gasteiger charge is 2.06. The fourth-order valence-electron chi connectivity index (χ4n) is 2.04. The van der Waals surface area contributed by atoms with Crippen LogP contribution in [0.2, 0.25) is 0 Å². The van der Waals surface area contributed by atoms with Crippen molar-refractivity contribution in [2.75, 3.05) is 5.32 Å². The van der Waals surface area contributed by atoms with Crippen molar-refractivity contribution >= 4 is 11.6 Å².